The molecule has 1 aliphatic heterocycles. The summed E-state index contributed by atoms with van der Waals surface area (Å²) in [6.45, 7) is 7.52. The summed E-state index contributed by atoms with van der Waals surface area (Å²) in [5.41, 5.74) is 1.83. The van der Waals surface area contributed by atoms with Crippen molar-refractivity contribution < 1.29 is 9.53 Å². The molecular formula is C18H24ClNO2. The highest BCUT2D eigenvalue weighted by molar-refractivity contribution is 6.32. The van der Waals surface area contributed by atoms with Gasteiger partial charge in [0, 0.05) is 25.1 Å². The Morgan fingerprint density at radius 2 is 2.14 bits per heavy atom. The first-order valence-electron chi connectivity index (χ1n) is 8.02. The normalized spacial score (nSPS) is 18.0. The molecule has 1 fully saturated rings. The Balaban J connectivity index is 2.13. The Morgan fingerprint density at radius 1 is 1.32 bits per heavy atom. The Kier molecular flexibility index (Phi) is 6.47. The zero-order valence-electron chi connectivity index (χ0n) is 13.4. The van der Waals surface area contributed by atoms with E-state index in [4.69, 9.17) is 16.3 Å². The van der Waals surface area contributed by atoms with Crippen LogP contribution in [-0.4, -0.2) is 36.9 Å². The standard InChI is InChI=1S/C18H24ClNO2/c1-3-8-20-9-7-17(21)15(13-20)11-14-5-6-18(16(19)12-14)22-10-4-2/h5-6,11-12H,3-4,7-10,13H2,1-2H3/b15-11+. The van der Waals surface area contributed by atoms with Gasteiger partial charge in [0.1, 0.15) is 5.75 Å². The Labute approximate surface area is 137 Å². The Hall–Kier alpha value is -1.32. The molecule has 1 heterocycles. The smallest absolute Gasteiger partial charge is 0.161 e. The number of carbonyl (C=O) groups is 1. The van der Waals surface area contributed by atoms with E-state index in [9.17, 15) is 4.79 Å². The number of ketones is 1. The quantitative estimate of drug-likeness (QED) is 0.735. The van der Waals surface area contributed by atoms with Crippen LogP contribution in [0, 0.1) is 0 Å². The van der Waals surface area contributed by atoms with Crippen LogP contribution in [0.1, 0.15) is 38.7 Å². The van der Waals surface area contributed by atoms with Crippen LogP contribution in [-0.2, 0) is 4.79 Å². The lowest BCUT2D eigenvalue weighted by Gasteiger charge is -2.27. The maximum atomic E-state index is 12.1. The average Bonchev–Trinajstić information content (AvgIpc) is 2.50. The summed E-state index contributed by atoms with van der Waals surface area (Å²) in [4.78, 5) is 14.4. The van der Waals surface area contributed by atoms with E-state index in [1.165, 1.54) is 0 Å². The number of nitrogens with zero attached hydrogens (tertiary/aromatic N) is 1. The van der Waals surface area contributed by atoms with Gasteiger partial charge in [0.2, 0.25) is 0 Å². The van der Waals surface area contributed by atoms with Gasteiger partial charge in [-0.25, -0.2) is 0 Å². The second-order valence-electron chi connectivity index (χ2n) is 5.66. The molecule has 0 aromatic heterocycles. The lowest BCUT2D eigenvalue weighted by Crippen LogP contribution is -2.36. The fraction of sp³-hybridized carbons (Fsp3) is 0.500. The molecule has 0 radical (unpaired) electrons. The maximum absolute atomic E-state index is 12.1. The molecule has 1 aromatic rings. The molecule has 1 aromatic carbocycles. The highest BCUT2D eigenvalue weighted by Crippen LogP contribution is 2.27. The fourth-order valence-electron chi connectivity index (χ4n) is 2.60. The maximum Gasteiger partial charge on any atom is 0.161 e. The van der Waals surface area contributed by atoms with Crippen molar-refractivity contribution >= 4 is 23.5 Å². The molecule has 0 aliphatic carbocycles. The van der Waals surface area contributed by atoms with Gasteiger partial charge in [-0.2, -0.15) is 0 Å². The van der Waals surface area contributed by atoms with Crippen LogP contribution in [0.2, 0.25) is 5.02 Å². The molecular weight excluding hydrogens is 298 g/mol. The minimum absolute atomic E-state index is 0.245. The molecule has 0 atom stereocenters. The lowest BCUT2D eigenvalue weighted by molar-refractivity contribution is -0.117. The number of benzene rings is 1. The predicted molar refractivity (Wildman–Crippen MR) is 91.6 cm³/mol. The van der Waals surface area contributed by atoms with Gasteiger partial charge in [0.15, 0.2) is 5.78 Å². The van der Waals surface area contributed by atoms with Gasteiger partial charge in [-0.15, -0.1) is 0 Å². The number of rotatable bonds is 6. The molecule has 0 bridgehead atoms. The van der Waals surface area contributed by atoms with Crippen molar-refractivity contribution in [2.75, 3.05) is 26.2 Å². The van der Waals surface area contributed by atoms with Crippen LogP contribution >= 0.6 is 11.6 Å². The molecule has 3 nitrogen and oxygen atoms in total. The molecule has 4 heteroatoms. The van der Waals surface area contributed by atoms with Crippen molar-refractivity contribution in [3.8, 4) is 5.75 Å². The summed E-state index contributed by atoms with van der Waals surface area (Å²) < 4.78 is 5.57. The summed E-state index contributed by atoms with van der Waals surface area (Å²) in [5.74, 6) is 0.947. The fourth-order valence-corrected chi connectivity index (χ4v) is 2.84. The van der Waals surface area contributed by atoms with Crippen LogP contribution < -0.4 is 4.74 Å². The van der Waals surface area contributed by atoms with Gasteiger partial charge < -0.3 is 4.74 Å². The summed E-state index contributed by atoms with van der Waals surface area (Å²) in [5, 5.41) is 0.594. The van der Waals surface area contributed by atoms with Gasteiger partial charge in [0.05, 0.1) is 11.6 Å². The zero-order valence-corrected chi connectivity index (χ0v) is 14.2. The molecule has 2 rings (SSSR count). The van der Waals surface area contributed by atoms with Crippen molar-refractivity contribution in [3.63, 3.8) is 0 Å². The van der Waals surface area contributed by atoms with E-state index in [2.05, 4.69) is 18.7 Å². The van der Waals surface area contributed by atoms with Gasteiger partial charge in [-0.05, 0) is 43.2 Å². The van der Waals surface area contributed by atoms with Crippen LogP contribution in [0.3, 0.4) is 0 Å². The van der Waals surface area contributed by atoms with E-state index in [1.807, 2.05) is 24.3 Å². The summed E-state index contributed by atoms with van der Waals surface area (Å²) in [6, 6.07) is 5.70. The topological polar surface area (TPSA) is 29.5 Å². The van der Waals surface area contributed by atoms with E-state index in [1.54, 1.807) is 0 Å². The number of Topliss-reactive ketones (excluding diaryl/α,β-unsaturated/α-hetero) is 1. The molecule has 22 heavy (non-hydrogen) atoms. The van der Waals surface area contributed by atoms with Crippen molar-refractivity contribution in [2.24, 2.45) is 0 Å². The number of halogens is 1. The minimum atomic E-state index is 0.245. The van der Waals surface area contributed by atoms with E-state index < -0.39 is 0 Å². The first kappa shape index (κ1) is 17.0. The van der Waals surface area contributed by atoms with Crippen LogP contribution in [0.25, 0.3) is 6.08 Å². The Morgan fingerprint density at radius 3 is 2.82 bits per heavy atom. The highest BCUT2D eigenvalue weighted by atomic mass is 35.5. The molecule has 0 N–H and O–H groups in total. The van der Waals surface area contributed by atoms with Gasteiger partial charge in [-0.3, -0.25) is 9.69 Å². The van der Waals surface area contributed by atoms with Crippen LogP contribution in [0.4, 0.5) is 0 Å². The van der Waals surface area contributed by atoms with Crippen molar-refractivity contribution in [3.05, 3.63) is 34.4 Å². The molecule has 0 unspecified atom stereocenters. The summed E-state index contributed by atoms with van der Waals surface area (Å²) in [6.07, 6.45) is 4.62. The molecule has 0 amide bonds. The van der Waals surface area contributed by atoms with E-state index in [0.29, 0.717) is 23.8 Å². The minimum Gasteiger partial charge on any atom is -0.492 e. The first-order valence-corrected chi connectivity index (χ1v) is 8.40. The number of likely N-dealkylation sites (tertiary alicyclic amines) is 1. The number of hydrogen-bond donors (Lipinski definition) is 0. The van der Waals surface area contributed by atoms with Crippen LogP contribution in [0.5, 0.6) is 5.75 Å². The molecule has 0 saturated carbocycles. The van der Waals surface area contributed by atoms with E-state index in [-0.39, 0.29) is 5.78 Å². The third-order valence-corrected chi connectivity index (χ3v) is 4.00. The highest BCUT2D eigenvalue weighted by Gasteiger charge is 2.20. The second kappa shape index (κ2) is 8.35. The molecule has 1 aliphatic rings. The number of ether oxygens (including phenoxy) is 1. The number of hydrogen-bond acceptors (Lipinski definition) is 3. The van der Waals surface area contributed by atoms with E-state index >= 15 is 0 Å². The molecule has 1 saturated heterocycles. The lowest BCUT2D eigenvalue weighted by atomic mass is 10.00. The summed E-state index contributed by atoms with van der Waals surface area (Å²) >= 11 is 6.25. The SMILES string of the molecule is CCCOc1ccc(/C=C2\CN(CCC)CCC2=O)cc1Cl. The Bertz CT molecular complexity index is 554. The predicted octanol–water partition coefficient (Wildman–Crippen LogP) is 4.20. The number of piperidine rings is 1. The first-order chi connectivity index (χ1) is 10.6. The monoisotopic (exact) mass is 321 g/mol. The third kappa shape index (κ3) is 4.59. The largest absolute Gasteiger partial charge is 0.492 e. The van der Waals surface area contributed by atoms with Crippen molar-refractivity contribution in [2.45, 2.75) is 33.1 Å². The van der Waals surface area contributed by atoms with Crippen LogP contribution in [0.15, 0.2) is 23.8 Å². The molecule has 120 valence electrons. The van der Waals surface area contributed by atoms with Crippen molar-refractivity contribution in [1.82, 2.24) is 4.90 Å². The van der Waals surface area contributed by atoms with Gasteiger partial charge in [0.25, 0.3) is 0 Å². The number of carbonyl (C=O) groups excluding carboxylic acids is 1. The average molecular weight is 322 g/mol. The molecule has 0 spiro atoms. The second-order valence-corrected chi connectivity index (χ2v) is 6.06. The van der Waals surface area contributed by atoms with E-state index in [0.717, 1.165) is 43.6 Å². The van der Waals surface area contributed by atoms with Crippen molar-refractivity contribution in [1.29, 1.82) is 0 Å². The third-order valence-electron chi connectivity index (χ3n) is 3.71. The zero-order chi connectivity index (χ0) is 15.9. The van der Waals surface area contributed by atoms with Gasteiger partial charge in [-0.1, -0.05) is 31.5 Å². The summed E-state index contributed by atoms with van der Waals surface area (Å²) in [7, 11) is 0. The van der Waals surface area contributed by atoms with Gasteiger partial charge >= 0.3 is 0 Å².